The van der Waals surface area contributed by atoms with Crippen molar-refractivity contribution in [1.29, 1.82) is 0 Å². The maximum atomic E-state index is 4.51. The fourth-order valence-electron chi connectivity index (χ4n) is 2.88. The van der Waals surface area contributed by atoms with Gasteiger partial charge in [0.15, 0.2) is 0 Å². The molecule has 0 spiro atoms. The van der Waals surface area contributed by atoms with E-state index in [0.29, 0.717) is 0 Å². The van der Waals surface area contributed by atoms with Gasteiger partial charge >= 0.3 is 0 Å². The SMILES string of the molecule is CCc1ccc(Nc2ncnc3scc(-c4ccc(C)cc4)c23)cc1. The van der Waals surface area contributed by atoms with E-state index in [0.717, 1.165) is 28.1 Å². The van der Waals surface area contributed by atoms with Crippen molar-refractivity contribution in [1.82, 2.24) is 9.97 Å². The van der Waals surface area contributed by atoms with Crippen molar-refractivity contribution in [3.05, 3.63) is 71.4 Å². The van der Waals surface area contributed by atoms with Gasteiger partial charge in [0.25, 0.3) is 0 Å². The molecular formula is C21H19N3S. The standard InChI is InChI=1S/C21H19N3S/c1-3-15-6-10-17(11-7-15)24-20-19-18(12-25-21(19)23-13-22-20)16-8-4-14(2)5-9-16/h4-13H,3H2,1-2H3,(H,22,23,24). The van der Waals surface area contributed by atoms with E-state index in [9.17, 15) is 0 Å². The third-order valence-corrected chi connectivity index (χ3v) is 5.24. The normalized spacial score (nSPS) is 11.0. The zero-order valence-electron chi connectivity index (χ0n) is 14.3. The van der Waals surface area contributed by atoms with Crippen LogP contribution in [0.5, 0.6) is 0 Å². The number of fused-ring (bicyclic) bond motifs is 1. The lowest BCUT2D eigenvalue weighted by molar-refractivity contribution is 1.14. The molecule has 1 N–H and O–H groups in total. The second-order valence-electron chi connectivity index (χ2n) is 6.09. The predicted molar refractivity (Wildman–Crippen MR) is 107 cm³/mol. The lowest BCUT2D eigenvalue weighted by Gasteiger charge is -2.09. The van der Waals surface area contributed by atoms with E-state index < -0.39 is 0 Å². The van der Waals surface area contributed by atoms with Gasteiger partial charge in [-0.15, -0.1) is 11.3 Å². The van der Waals surface area contributed by atoms with Crippen molar-refractivity contribution in [3.8, 4) is 11.1 Å². The quantitative estimate of drug-likeness (QED) is 0.495. The molecule has 0 aliphatic carbocycles. The van der Waals surface area contributed by atoms with Crippen molar-refractivity contribution < 1.29 is 0 Å². The average molecular weight is 345 g/mol. The van der Waals surface area contributed by atoms with Crippen molar-refractivity contribution in [2.24, 2.45) is 0 Å². The molecule has 0 aliphatic rings. The van der Waals surface area contributed by atoms with Crippen LogP contribution in [0.15, 0.2) is 60.2 Å². The third kappa shape index (κ3) is 3.13. The van der Waals surface area contributed by atoms with Gasteiger partial charge in [0.1, 0.15) is 17.0 Å². The summed E-state index contributed by atoms with van der Waals surface area (Å²) in [5.74, 6) is 0.853. The Morgan fingerprint density at radius 3 is 2.44 bits per heavy atom. The van der Waals surface area contributed by atoms with Crippen LogP contribution in [0, 0.1) is 6.92 Å². The molecule has 0 aliphatic heterocycles. The van der Waals surface area contributed by atoms with Gasteiger partial charge in [-0.25, -0.2) is 9.97 Å². The number of aryl methyl sites for hydroxylation is 2. The molecule has 0 saturated carbocycles. The number of aromatic nitrogens is 2. The first-order chi connectivity index (χ1) is 12.2. The Kier molecular flexibility index (Phi) is 4.20. The number of thiophene rings is 1. The molecule has 0 radical (unpaired) electrons. The Labute approximate surface area is 151 Å². The Bertz CT molecular complexity index is 1000. The van der Waals surface area contributed by atoms with Gasteiger partial charge in [0.2, 0.25) is 0 Å². The Morgan fingerprint density at radius 2 is 1.72 bits per heavy atom. The van der Waals surface area contributed by atoms with Crippen LogP contribution in [0.2, 0.25) is 0 Å². The Morgan fingerprint density at radius 1 is 0.960 bits per heavy atom. The maximum absolute atomic E-state index is 4.51. The summed E-state index contributed by atoms with van der Waals surface area (Å²) in [6.07, 6.45) is 2.67. The molecule has 4 rings (SSSR count). The van der Waals surface area contributed by atoms with E-state index in [1.165, 1.54) is 22.3 Å². The van der Waals surface area contributed by atoms with Crippen molar-refractivity contribution in [2.45, 2.75) is 20.3 Å². The van der Waals surface area contributed by atoms with E-state index in [4.69, 9.17) is 0 Å². The average Bonchev–Trinajstić information content (AvgIpc) is 3.08. The van der Waals surface area contributed by atoms with Gasteiger partial charge in [0, 0.05) is 16.6 Å². The molecule has 2 aromatic heterocycles. The van der Waals surface area contributed by atoms with Crippen molar-refractivity contribution in [3.63, 3.8) is 0 Å². The molecule has 25 heavy (non-hydrogen) atoms. The van der Waals surface area contributed by atoms with Crippen molar-refractivity contribution in [2.75, 3.05) is 5.32 Å². The number of nitrogens with one attached hydrogen (secondary N) is 1. The summed E-state index contributed by atoms with van der Waals surface area (Å²) in [7, 11) is 0. The van der Waals surface area contributed by atoms with Gasteiger partial charge in [-0.1, -0.05) is 48.9 Å². The van der Waals surface area contributed by atoms with E-state index in [-0.39, 0.29) is 0 Å². The van der Waals surface area contributed by atoms with Crippen LogP contribution in [0.4, 0.5) is 11.5 Å². The second kappa shape index (κ2) is 6.65. The molecule has 3 nitrogen and oxygen atoms in total. The first kappa shape index (κ1) is 15.8. The van der Waals surface area contributed by atoms with Crippen LogP contribution in [0.3, 0.4) is 0 Å². The molecule has 124 valence electrons. The number of rotatable bonds is 4. The summed E-state index contributed by atoms with van der Waals surface area (Å²) in [6, 6.07) is 17.1. The fourth-order valence-corrected chi connectivity index (χ4v) is 3.79. The summed E-state index contributed by atoms with van der Waals surface area (Å²) in [5.41, 5.74) is 5.99. The zero-order chi connectivity index (χ0) is 17.2. The van der Waals surface area contributed by atoms with Crippen LogP contribution in [0.1, 0.15) is 18.1 Å². The van der Waals surface area contributed by atoms with E-state index in [1.807, 2.05) is 0 Å². The molecule has 2 heterocycles. The highest BCUT2D eigenvalue weighted by Gasteiger charge is 2.13. The molecule has 0 bridgehead atoms. The Hall–Kier alpha value is -2.72. The predicted octanol–water partition coefficient (Wildman–Crippen LogP) is 5.97. The second-order valence-corrected chi connectivity index (χ2v) is 6.95. The molecular weight excluding hydrogens is 326 g/mol. The minimum Gasteiger partial charge on any atom is -0.340 e. The minimum absolute atomic E-state index is 0.853. The van der Waals surface area contributed by atoms with E-state index in [2.05, 4.69) is 83.0 Å². The van der Waals surface area contributed by atoms with Crippen LogP contribution in [0.25, 0.3) is 21.3 Å². The monoisotopic (exact) mass is 345 g/mol. The topological polar surface area (TPSA) is 37.8 Å². The highest BCUT2D eigenvalue weighted by Crippen LogP contribution is 2.37. The zero-order valence-corrected chi connectivity index (χ0v) is 15.1. The summed E-state index contributed by atoms with van der Waals surface area (Å²) >= 11 is 1.65. The van der Waals surface area contributed by atoms with Gasteiger partial charge in [-0.05, 0) is 36.6 Å². The molecule has 0 saturated heterocycles. The maximum Gasteiger partial charge on any atom is 0.143 e. The van der Waals surface area contributed by atoms with Crippen molar-refractivity contribution >= 4 is 33.1 Å². The number of anilines is 2. The van der Waals surface area contributed by atoms with Crippen LogP contribution in [-0.2, 0) is 6.42 Å². The van der Waals surface area contributed by atoms with Gasteiger partial charge in [-0.3, -0.25) is 0 Å². The summed E-state index contributed by atoms with van der Waals surface area (Å²) in [4.78, 5) is 9.95. The van der Waals surface area contributed by atoms with E-state index in [1.54, 1.807) is 17.7 Å². The Balaban J connectivity index is 1.78. The lowest BCUT2D eigenvalue weighted by Crippen LogP contribution is -1.95. The number of benzene rings is 2. The molecule has 4 aromatic rings. The molecule has 2 aromatic carbocycles. The lowest BCUT2D eigenvalue weighted by atomic mass is 10.0. The van der Waals surface area contributed by atoms with E-state index >= 15 is 0 Å². The molecule has 0 unspecified atom stereocenters. The minimum atomic E-state index is 0.853. The number of hydrogen-bond acceptors (Lipinski definition) is 4. The third-order valence-electron chi connectivity index (χ3n) is 4.36. The van der Waals surface area contributed by atoms with Crippen LogP contribution >= 0.6 is 11.3 Å². The number of nitrogens with zero attached hydrogens (tertiary/aromatic N) is 2. The molecule has 0 atom stereocenters. The molecule has 0 fully saturated rings. The molecule has 4 heteroatoms. The number of hydrogen-bond donors (Lipinski definition) is 1. The summed E-state index contributed by atoms with van der Waals surface area (Å²) in [6.45, 7) is 4.27. The smallest absolute Gasteiger partial charge is 0.143 e. The van der Waals surface area contributed by atoms with Gasteiger partial charge in [-0.2, -0.15) is 0 Å². The van der Waals surface area contributed by atoms with Gasteiger partial charge < -0.3 is 5.32 Å². The first-order valence-electron chi connectivity index (χ1n) is 8.40. The summed E-state index contributed by atoms with van der Waals surface area (Å²) in [5, 5.41) is 6.70. The highest BCUT2D eigenvalue weighted by atomic mass is 32.1. The van der Waals surface area contributed by atoms with Crippen LogP contribution in [-0.4, -0.2) is 9.97 Å². The summed E-state index contributed by atoms with van der Waals surface area (Å²) < 4.78 is 0. The highest BCUT2D eigenvalue weighted by molar-refractivity contribution is 7.17. The van der Waals surface area contributed by atoms with Gasteiger partial charge in [0.05, 0.1) is 5.39 Å². The molecule has 0 amide bonds. The van der Waals surface area contributed by atoms with Crippen LogP contribution < -0.4 is 5.32 Å². The largest absolute Gasteiger partial charge is 0.340 e. The first-order valence-corrected chi connectivity index (χ1v) is 9.28. The fraction of sp³-hybridized carbons (Fsp3) is 0.143.